The first-order chi connectivity index (χ1) is 7.58. The summed E-state index contributed by atoms with van der Waals surface area (Å²) in [5.74, 6) is 0.758. The van der Waals surface area contributed by atoms with Gasteiger partial charge in [-0.05, 0) is 12.3 Å². The highest BCUT2D eigenvalue weighted by Crippen LogP contribution is 2.12. The minimum Gasteiger partial charge on any atom is -0.380 e. The number of likely N-dealkylation sites (N-methyl/N-ethyl adjacent to an activating group) is 1. The maximum atomic E-state index is 12.1. The van der Waals surface area contributed by atoms with Crippen LogP contribution in [0.1, 0.15) is 26.7 Å². The second-order valence-corrected chi connectivity index (χ2v) is 4.79. The molecule has 0 aromatic carbocycles. The molecule has 1 saturated heterocycles. The molecule has 1 aliphatic rings. The molecule has 1 amide bonds. The van der Waals surface area contributed by atoms with Crippen molar-refractivity contribution in [3.05, 3.63) is 0 Å². The van der Waals surface area contributed by atoms with Crippen LogP contribution in [0.2, 0.25) is 0 Å². The molecule has 0 radical (unpaired) electrons. The number of hydrogen-bond donors (Lipinski definition) is 1. The molecule has 0 saturated carbocycles. The van der Waals surface area contributed by atoms with Gasteiger partial charge in [0.05, 0.1) is 12.1 Å². The van der Waals surface area contributed by atoms with Gasteiger partial charge < -0.3 is 15.0 Å². The lowest BCUT2D eigenvalue weighted by Gasteiger charge is -2.23. The van der Waals surface area contributed by atoms with E-state index in [9.17, 15) is 4.79 Å². The highest BCUT2D eigenvalue weighted by atomic mass is 16.5. The number of rotatable bonds is 5. The minimum absolute atomic E-state index is 0.0565. The molecule has 1 rings (SSSR count). The van der Waals surface area contributed by atoms with E-state index in [1.165, 1.54) is 0 Å². The second kappa shape index (κ2) is 6.21. The second-order valence-electron chi connectivity index (χ2n) is 4.79. The van der Waals surface area contributed by atoms with Crippen molar-refractivity contribution in [2.24, 2.45) is 5.92 Å². The average Bonchev–Trinajstić information content (AvgIpc) is 2.76. The van der Waals surface area contributed by atoms with Gasteiger partial charge in [0, 0.05) is 27.2 Å². The largest absolute Gasteiger partial charge is 0.380 e. The smallest absolute Gasteiger partial charge is 0.239 e. The number of carbonyl (C=O) groups is 1. The minimum atomic E-state index is -0.0565. The Morgan fingerprint density at radius 3 is 2.81 bits per heavy atom. The lowest BCUT2D eigenvalue weighted by molar-refractivity contribution is -0.132. The Balaban J connectivity index is 2.39. The van der Waals surface area contributed by atoms with Crippen molar-refractivity contribution < 1.29 is 9.53 Å². The van der Waals surface area contributed by atoms with Crippen LogP contribution < -0.4 is 5.32 Å². The van der Waals surface area contributed by atoms with Gasteiger partial charge in [-0.2, -0.15) is 0 Å². The molecule has 4 heteroatoms. The first kappa shape index (κ1) is 13.5. The van der Waals surface area contributed by atoms with Crippen LogP contribution in [-0.2, 0) is 9.53 Å². The van der Waals surface area contributed by atoms with Crippen LogP contribution >= 0.6 is 0 Å². The molecule has 1 fully saturated rings. The third-order valence-corrected chi connectivity index (χ3v) is 3.38. The molecule has 0 aromatic rings. The number of carbonyl (C=O) groups excluding carboxylic acids is 1. The van der Waals surface area contributed by atoms with E-state index in [2.05, 4.69) is 19.2 Å². The quantitative estimate of drug-likeness (QED) is 0.759. The van der Waals surface area contributed by atoms with E-state index in [1.54, 1.807) is 7.11 Å². The van der Waals surface area contributed by atoms with E-state index in [-0.39, 0.29) is 18.1 Å². The van der Waals surface area contributed by atoms with Gasteiger partial charge in [-0.1, -0.05) is 20.3 Å². The summed E-state index contributed by atoms with van der Waals surface area (Å²) in [7, 11) is 3.58. The lowest BCUT2D eigenvalue weighted by atomic mass is 10.1. The first-order valence-corrected chi connectivity index (χ1v) is 6.09. The molecule has 1 heterocycles. The molecule has 0 bridgehead atoms. The van der Waals surface area contributed by atoms with Gasteiger partial charge in [0.2, 0.25) is 5.91 Å². The van der Waals surface area contributed by atoms with Gasteiger partial charge in [0.1, 0.15) is 0 Å². The standard InChI is InChI=1S/C12H24N2O2/c1-5-9(2)8-14(3)12(15)11-6-10(16-4)7-13-11/h9-11,13H,5-8H2,1-4H3. The Morgan fingerprint density at radius 2 is 2.31 bits per heavy atom. The third-order valence-electron chi connectivity index (χ3n) is 3.38. The molecule has 16 heavy (non-hydrogen) atoms. The lowest BCUT2D eigenvalue weighted by Crippen LogP contribution is -2.43. The van der Waals surface area contributed by atoms with Crippen molar-refractivity contribution in [3.63, 3.8) is 0 Å². The molecule has 1 aliphatic heterocycles. The predicted octanol–water partition coefficient (Wildman–Crippen LogP) is 0.868. The summed E-state index contributed by atoms with van der Waals surface area (Å²) in [6, 6.07) is -0.0565. The SMILES string of the molecule is CCC(C)CN(C)C(=O)C1CC(OC)CN1. The molecule has 1 N–H and O–H groups in total. The number of methoxy groups -OCH3 is 1. The average molecular weight is 228 g/mol. The zero-order valence-corrected chi connectivity index (χ0v) is 10.8. The highest BCUT2D eigenvalue weighted by Gasteiger charge is 2.31. The topological polar surface area (TPSA) is 41.6 Å². The van der Waals surface area contributed by atoms with Crippen molar-refractivity contribution in [1.82, 2.24) is 10.2 Å². The summed E-state index contributed by atoms with van der Waals surface area (Å²) in [6.07, 6.45) is 2.09. The van der Waals surface area contributed by atoms with Gasteiger partial charge >= 0.3 is 0 Å². The van der Waals surface area contributed by atoms with Crippen LogP contribution in [0.3, 0.4) is 0 Å². The van der Waals surface area contributed by atoms with Crippen LogP contribution in [0.25, 0.3) is 0 Å². The van der Waals surface area contributed by atoms with Crippen LogP contribution in [0, 0.1) is 5.92 Å². The van der Waals surface area contributed by atoms with Crippen molar-refractivity contribution in [2.45, 2.75) is 38.8 Å². The monoisotopic (exact) mass is 228 g/mol. The van der Waals surface area contributed by atoms with Gasteiger partial charge in [-0.15, -0.1) is 0 Å². The predicted molar refractivity (Wildman–Crippen MR) is 64.3 cm³/mol. The molecule has 0 aliphatic carbocycles. The highest BCUT2D eigenvalue weighted by molar-refractivity contribution is 5.82. The molecule has 0 spiro atoms. The maximum absolute atomic E-state index is 12.1. The van der Waals surface area contributed by atoms with E-state index < -0.39 is 0 Å². The normalized spacial score (nSPS) is 26.8. The fourth-order valence-corrected chi connectivity index (χ4v) is 2.02. The Hall–Kier alpha value is -0.610. The Bertz CT molecular complexity index is 233. The fraction of sp³-hybridized carbons (Fsp3) is 0.917. The summed E-state index contributed by atoms with van der Waals surface area (Å²) in [5.41, 5.74) is 0. The van der Waals surface area contributed by atoms with E-state index >= 15 is 0 Å². The molecule has 94 valence electrons. The number of nitrogens with one attached hydrogen (secondary N) is 1. The molecule has 3 atom stereocenters. The molecular weight excluding hydrogens is 204 g/mol. The van der Waals surface area contributed by atoms with Crippen LogP contribution in [0.15, 0.2) is 0 Å². The van der Waals surface area contributed by atoms with Crippen molar-refractivity contribution in [3.8, 4) is 0 Å². The molecular formula is C12H24N2O2. The number of ether oxygens (including phenoxy) is 1. The first-order valence-electron chi connectivity index (χ1n) is 6.09. The van der Waals surface area contributed by atoms with Gasteiger partial charge in [-0.3, -0.25) is 4.79 Å². The van der Waals surface area contributed by atoms with E-state index in [1.807, 2.05) is 11.9 Å². The zero-order chi connectivity index (χ0) is 12.1. The van der Waals surface area contributed by atoms with E-state index in [0.717, 1.165) is 25.9 Å². The van der Waals surface area contributed by atoms with Crippen LogP contribution in [0.4, 0.5) is 0 Å². The summed E-state index contributed by atoms with van der Waals surface area (Å²) in [5, 5.41) is 3.21. The Kier molecular flexibility index (Phi) is 5.22. The van der Waals surface area contributed by atoms with Crippen LogP contribution in [-0.4, -0.2) is 50.2 Å². The Morgan fingerprint density at radius 1 is 1.62 bits per heavy atom. The Labute approximate surface area is 98.3 Å². The molecule has 4 nitrogen and oxygen atoms in total. The van der Waals surface area contributed by atoms with E-state index in [4.69, 9.17) is 4.74 Å². The zero-order valence-electron chi connectivity index (χ0n) is 10.8. The van der Waals surface area contributed by atoms with Crippen molar-refractivity contribution in [1.29, 1.82) is 0 Å². The third kappa shape index (κ3) is 3.46. The van der Waals surface area contributed by atoms with Gasteiger partial charge in [-0.25, -0.2) is 0 Å². The van der Waals surface area contributed by atoms with E-state index in [0.29, 0.717) is 5.92 Å². The summed E-state index contributed by atoms with van der Waals surface area (Å²) >= 11 is 0. The number of hydrogen-bond acceptors (Lipinski definition) is 3. The maximum Gasteiger partial charge on any atom is 0.239 e. The summed E-state index contributed by atoms with van der Waals surface area (Å²) in [6.45, 7) is 5.94. The van der Waals surface area contributed by atoms with Gasteiger partial charge in [0.25, 0.3) is 0 Å². The summed E-state index contributed by atoms with van der Waals surface area (Å²) < 4.78 is 5.24. The van der Waals surface area contributed by atoms with Crippen LogP contribution in [0.5, 0.6) is 0 Å². The number of nitrogens with zero attached hydrogens (tertiary/aromatic N) is 1. The van der Waals surface area contributed by atoms with Gasteiger partial charge in [0.15, 0.2) is 0 Å². The van der Waals surface area contributed by atoms with Crippen molar-refractivity contribution >= 4 is 5.91 Å². The molecule has 0 aromatic heterocycles. The fourth-order valence-electron chi connectivity index (χ4n) is 2.02. The summed E-state index contributed by atoms with van der Waals surface area (Å²) in [4.78, 5) is 13.9. The van der Waals surface area contributed by atoms with Crippen molar-refractivity contribution in [2.75, 3.05) is 27.2 Å². The number of amides is 1. The molecule has 3 unspecified atom stereocenters.